The first-order valence-electron chi connectivity index (χ1n) is 6.05. The lowest BCUT2D eigenvalue weighted by Gasteiger charge is -2.38. The summed E-state index contributed by atoms with van der Waals surface area (Å²) in [6.07, 6.45) is 4.71. The standard InChI is InChI=1S/C13H18N2O2/c1-2-15-8-5-13(6-9-15,12(16)17)11-4-3-7-14-10-11/h3-4,7,10H,2,5-6,8-9H2,1H3,(H,16,17). The zero-order valence-corrected chi connectivity index (χ0v) is 10.1. The van der Waals surface area contributed by atoms with Crippen LogP contribution in [0.3, 0.4) is 0 Å². The van der Waals surface area contributed by atoms with E-state index in [-0.39, 0.29) is 0 Å². The van der Waals surface area contributed by atoms with Gasteiger partial charge in [-0.25, -0.2) is 0 Å². The molecule has 17 heavy (non-hydrogen) atoms. The first kappa shape index (κ1) is 12.0. The lowest BCUT2D eigenvalue weighted by atomic mass is 9.73. The Balaban J connectivity index is 2.27. The van der Waals surface area contributed by atoms with Crippen molar-refractivity contribution in [2.45, 2.75) is 25.2 Å². The molecule has 0 bridgehead atoms. The number of carboxylic acid groups (broad SMARTS) is 1. The highest BCUT2D eigenvalue weighted by atomic mass is 16.4. The number of pyridine rings is 1. The zero-order valence-electron chi connectivity index (χ0n) is 10.1. The Bertz CT molecular complexity index is 384. The van der Waals surface area contributed by atoms with Gasteiger partial charge >= 0.3 is 5.97 Å². The second-order valence-corrected chi connectivity index (χ2v) is 4.56. The van der Waals surface area contributed by atoms with Crippen LogP contribution in [0.25, 0.3) is 0 Å². The van der Waals surface area contributed by atoms with Crippen LogP contribution in [-0.2, 0) is 10.2 Å². The summed E-state index contributed by atoms with van der Waals surface area (Å²) in [5.41, 5.74) is 0.100. The molecule has 0 atom stereocenters. The van der Waals surface area contributed by atoms with E-state index in [1.807, 2.05) is 12.1 Å². The van der Waals surface area contributed by atoms with Crippen molar-refractivity contribution in [1.29, 1.82) is 0 Å². The van der Waals surface area contributed by atoms with Crippen LogP contribution in [0.4, 0.5) is 0 Å². The SMILES string of the molecule is CCN1CCC(C(=O)O)(c2cccnc2)CC1. The Morgan fingerprint density at radius 1 is 1.53 bits per heavy atom. The lowest BCUT2D eigenvalue weighted by molar-refractivity contribution is -0.146. The van der Waals surface area contributed by atoms with Gasteiger partial charge in [-0.1, -0.05) is 13.0 Å². The molecule has 4 nitrogen and oxygen atoms in total. The summed E-state index contributed by atoms with van der Waals surface area (Å²) in [5.74, 6) is -0.721. The maximum absolute atomic E-state index is 11.6. The molecule has 0 radical (unpaired) electrons. The molecule has 0 aliphatic carbocycles. The van der Waals surface area contributed by atoms with Gasteiger partial charge in [-0.15, -0.1) is 0 Å². The van der Waals surface area contributed by atoms with Crippen LogP contribution in [0.5, 0.6) is 0 Å². The predicted molar refractivity (Wildman–Crippen MR) is 64.9 cm³/mol. The molecule has 92 valence electrons. The lowest BCUT2D eigenvalue weighted by Crippen LogP contribution is -2.47. The molecule has 1 aromatic rings. The van der Waals surface area contributed by atoms with E-state index >= 15 is 0 Å². The van der Waals surface area contributed by atoms with Gasteiger partial charge in [0.2, 0.25) is 0 Å². The van der Waals surface area contributed by atoms with Crippen LogP contribution in [0.15, 0.2) is 24.5 Å². The summed E-state index contributed by atoms with van der Waals surface area (Å²) in [6, 6.07) is 3.69. The number of carboxylic acids is 1. The van der Waals surface area contributed by atoms with Gasteiger partial charge in [0.1, 0.15) is 0 Å². The third-order valence-electron chi connectivity index (χ3n) is 3.78. The van der Waals surface area contributed by atoms with Crippen LogP contribution in [-0.4, -0.2) is 40.6 Å². The van der Waals surface area contributed by atoms with E-state index in [2.05, 4.69) is 16.8 Å². The Morgan fingerprint density at radius 3 is 2.71 bits per heavy atom. The molecule has 2 rings (SSSR count). The third kappa shape index (κ3) is 2.17. The monoisotopic (exact) mass is 234 g/mol. The van der Waals surface area contributed by atoms with Crippen molar-refractivity contribution in [2.24, 2.45) is 0 Å². The highest BCUT2D eigenvalue weighted by Crippen LogP contribution is 2.35. The zero-order chi connectivity index (χ0) is 12.3. The maximum Gasteiger partial charge on any atom is 0.314 e. The number of piperidine rings is 1. The van der Waals surface area contributed by atoms with Crippen LogP contribution in [0, 0.1) is 0 Å². The first-order chi connectivity index (χ1) is 8.19. The van der Waals surface area contributed by atoms with Crippen LogP contribution in [0.2, 0.25) is 0 Å². The molecule has 1 saturated heterocycles. The van der Waals surface area contributed by atoms with Crippen LogP contribution >= 0.6 is 0 Å². The number of nitrogens with zero attached hydrogens (tertiary/aromatic N) is 2. The first-order valence-corrected chi connectivity index (χ1v) is 6.05. The smallest absolute Gasteiger partial charge is 0.314 e. The molecule has 1 aromatic heterocycles. The van der Waals surface area contributed by atoms with Crippen molar-refractivity contribution in [3.05, 3.63) is 30.1 Å². The summed E-state index contributed by atoms with van der Waals surface area (Å²) < 4.78 is 0. The van der Waals surface area contributed by atoms with Gasteiger partial charge in [-0.3, -0.25) is 9.78 Å². The largest absolute Gasteiger partial charge is 0.481 e. The highest BCUT2D eigenvalue weighted by Gasteiger charge is 2.42. The molecule has 0 spiro atoms. The fourth-order valence-corrected chi connectivity index (χ4v) is 2.52. The highest BCUT2D eigenvalue weighted by molar-refractivity contribution is 5.81. The molecule has 0 saturated carbocycles. The fraction of sp³-hybridized carbons (Fsp3) is 0.538. The molecule has 0 aromatic carbocycles. The van der Waals surface area contributed by atoms with E-state index in [1.165, 1.54) is 0 Å². The van der Waals surface area contributed by atoms with Crippen LogP contribution < -0.4 is 0 Å². The number of aliphatic carboxylic acids is 1. The van der Waals surface area contributed by atoms with Crippen molar-refractivity contribution in [3.8, 4) is 0 Å². The van der Waals surface area contributed by atoms with Crippen molar-refractivity contribution in [1.82, 2.24) is 9.88 Å². The molecular formula is C13H18N2O2. The number of aromatic nitrogens is 1. The Labute approximate surface area is 101 Å². The summed E-state index contributed by atoms with van der Waals surface area (Å²) in [6.45, 7) is 4.79. The molecule has 0 unspecified atom stereocenters. The number of rotatable bonds is 3. The molecule has 2 heterocycles. The number of carbonyl (C=O) groups is 1. The van der Waals surface area contributed by atoms with Crippen molar-refractivity contribution in [3.63, 3.8) is 0 Å². The Morgan fingerprint density at radius 2 is 2.24 bits per heavy atom. The summed E-state index contributed by atoms with van der Waals surface area (Å²) in [7, 11) is 0. The number of likely N-dealkylation sites (tertiary alicyclic amines) is 1. The Hall–Kier alpha value is -1.42. The van der Waals surface area contributed by atoms with Crippen molar-refractivity contribution in [2.75, 3.05) is 19.6 Å². The van der Waals surface area contributed by atoms with Crippen molar-refractivity contribution >= 4 is 5.97 Å². The van der Waals surface area contributed by atoms with E-state index in [1.54, 1.807) is 12.4 Å². The molecular weight excluding hydrogens is 216 g/mol. The van der Waals surface area contributed by atoms with E-state index in [9.17, 15) is 9.90 Å². The quantitative estimate of drug-likeness (QED) is 0.861. The van der Waals surface area contributed by atoms with Gasteiger partial charge < -0.3 is 10.0 Å². The molecule has 1 aliphatic rings. The Kier molecular flexibility index (Phi) is 3.43. The average Bonchev–Trinajstić information content (AvgIpc) is 2.39. The van der Waals surface area contributed by atoms with E-state index in [0.717, 1.165) is 25.2 Å². The number of hydrogen-bond donors (Lipinski definition) is 1. The van der Waals surface area contributed by atoms with Gasteiger partial charge in [0.05, 0.1) is 5.41 Å². The minimum absolute atomic E-state index is 0.669. The van der Waals surface area contributed by atoms with Gasteiger partial charge in [0, 0.05) is 12.4 Å². The van der Waals surface area contributed by atoms with Crippen molar-refractivity contribution < 1.29 is 9.90 Å². The second-order valence-electron chi connectivity index (χ2n) is 4.56. The fourth-order valence-electron chi connectivity index (χ4n) is 2.52. The van der Waals surface area contributed by atoms with Gasteiger partial charge in [0.25, 0.3) is 0 Å². The third-order valence-corrected chi connectivity index (χ3v) is 3.78. The second kappa shape index (κ2) is 4.84. The predicted octanol–water partition coefficient (Wildman–Crippen LogP) is 1.52. The molecule has 1 aliphatic heterocycles. The van der Waals surface area contributed by atoms with Crippen LogP contribution in [0.1, 0.15) is 25.3 Å². The normalized spacial score (nSPS) is 20.1. The summed E-state index contributed by atoms with van der Waals surface area (Å²) in [5, 5.41) is 9.55. The molecule has 1 fully saturated rings. The molecule has 0 amide bonds. The van der Waals surface area contributed by atoms with Gasteiger partial charge in [-0.05, 0) is 44.1 Å². The minimum atomic E-state index is -0.736. The topological polar surface area (TPSA) is 53.4 Å². The van der Waals surface area contributed by atoms with Gasteiger partial charge in [-0.2, -0.15) is 0 Å². The number of hydrogen-bond acceptors (Lipinski definition) is 3. The summed E-state index contributed by atoms with van der Waals surface area (Å²) in [4.78, 5) is 18.0. The van der Waals surface area contributed by atoms with E-state index in [4.69, 9.17) is 0 Å². The minimum Gasteiger partial charge on any atom is -0.481 e. The molecule has 4 heteroatoms. The van der Waals surface area contributed by atoms with Gasteiger partial charge in [0.15, 0.2) is 0 Å². The van der Waals surface area contributed by atoms with E-state index in [0.29, 0.717) is 12.8 Å². The summed E-state index contributed by atoms with van der Waals surface area (Å²) >= 11 is 0. The average molecular weight is 234 g/mol. The van der Waals surface area contributed by atoms with E-state index < -0.39 is 11.4 Å². The maximum atomic E-state index is 11.6. The molecule has 1 N–H and O–H groups in total.